The van der Waals surface area contributed by atoms with Crippen LogP contribution in [0.5, 0.6) is 0 Å². The predicted octanol–water partition coefficient (Wildman–Crippen LogP) is 1.96. The monoisotopic (exact) mass is 381 g/mol. The largest absolute Gasteiger partial charge is 0.458 e. The van der Waals surface area contributed by atoms with E-state index in [-0.39, 0.29) is 23.9 Å². The van der Waals surface area contributed by atoms with E-state index >= 15 is 0 Å². The molecule has 0 radical (unpaired) electrons. The van der Waals surface area contributed by atoms with Crippen molar-refractivity contribution in [2.45, 2.75) is 78.7 Å². The van der Waals surface area contributed by atoms with Gasteiger partial charge >= 0.3 is 5.97 Å². The highest BCUT2D eigenvalue weighted by molar-refractivity contribution is 5.84. The van der Waals surface area contributed by atoms with Crippen molar-refractivity contribution in [1.29, 1.82) is 5.26 Å². The maximum Gasteiger partial charge on any atom is 0.327 e. The lowest BCUT2D eigenvalue weighted by Gasteiger charge is -2.36. The number of nitrogens with zero attached hydrogens (tertiary/aromatic N) is 1. The van der Waals surface area contributed by atoms with E-state index in [1.807, 2.05) is 13.8 Å². The van der Waals surface area contributed by atoms with Crippen LogP contribution < -0.4 is 0 Å². The summed E-state index contributed by atoms with van der Waals surface area (Å²) in [5.41, 5.74) is -1.47. The molecule has 152 valence electrons. The molecule has 0 aromatic carbocycles. The Morgan fingerprint density at radius 1 is 1.33 bits per heavy atom. The fourth-order valence-electron chi connectivity index (χ4n) is 5.39. The van der Waals surface area contributed by atoms with E-state index < -0.39 is 41.6 Å². The topological polar surface area (TPSA) is 109 Å². The average molecular weight is 381 g/mol. The van der Waals surface area contributed by atoms with Crippen molar-refractivity contribution < 1.29 is 29.2 Å². The third-order valence-electron chi connectivity index (χ3n) is 6.13. The van der Waals surface area contributed by atoms with E-state index in [9.17, 15) is 20.3 Å². The first-order chi connectivity index (χ1) is 12.4. The molecule has 7 atom stereocenters. The number of fused-ring (bicyclic) bond motifs is 1. The minimum atomic E-state index is -1.23. The number of rotatable bonds is 7. The summed E-state index contributed by atoms with van der Waals surface area (Å²) < 4.78 is 16.6. The number of carbonyl (C=O) groups is 1. The van der Waals surface area contributed by atoms with Crippen molar-refractivity contribution in [3.05, 3.63) is 0 Å². The molecule has 2 bridgehead atoms. The number of carbonyl (C=O) groups excluding carboxylic acids is 1. The Balaban J connectivity index is 1.52. The molecular weight excluding hydrogens is 350 g/mol. The lowest BCUT2D eigenvalue weighted by atomic mass is 9.74. The van der Waals surface area contributed by atoms with Gasteiger partial charge in [0.15, 0.2) is 18.0 Å². The van der Waals surface area contributed by atoms with Gasteiger partial charge in [0.25, 0.3) is 0 Å². The second-order valence-corrected chi connectivity index (χ2v) is 10.2. The van der Waals surface area contributed by atoms with Crippen LogP contribution in [-0.2, 0) is 19.0 Å². The lowest BCUT2D eigenvalue weighted by Crippen LogP contribution is -2.42. The molecule has 0 aromatic heterocycles. The first kappa shape index (κ1) is 20.5. The van der Waals surface area contributed by atoms with E-state index in [0.717, 1.165) is 6.42 Å². The normalized spacial score (nSPS) is 37.2. The molecule has 0 spiro atoms. The van der Waals surface area contributed by atoms with E-state index in [2.05, 4.69) is 26.8 Å². The Labute approximate surface area is 160 Å². The smallest absolute Gasteiger partial charge is 0.327 e. The standard InChI is InChI=1S/C20H31NO6/c1-18(2,3)9-19(4,5)16(23)25-8-13(22)26-14-11-6-12-15(14)27-17(24)20(12,7-11)10-21/h11-16,22-23H,6-9H2,1-5H3. The summed E-state index contributed by atoms with van der Waals surface area (Å²) in [5.74, 6) is -0.601. The van der Waals surface area contributed by atoms with Gasteiger partial charge in [-0.05, 0) is 30.6 Å². The third-order valence-corrected chi connectivity index (χ3v) is 6.13. The molecule has 1 aliphatic heterocycles. The molecule has 7 heteroatoms. The van der Waals surface area contributed by atoms with Crippen LogP contribution in [0.4, 0.5) is 0 Å². The minimum absolute atomic E-state index is 0.0167. The van der Waals surface area contributed by atoms with Crippen LogP contribution in [0.1, 0.15) is 53.9 Å². The second kappa shape index (κ2) is 6.70. The Hall–Kier alpha value is -1.20. The summed E-state index contributed by atoms with van der Waals surface area (Å²) in [4.78, 5) is 12.1. The number of hydrogen-bond acceptors (Lipinski definition) is 7. The molecule has 2 saturated carbocycles. The molecule has 0 amide bonds. The van der Waals surface area contributed by atoms with Crippen LogP contribution in [-0.4, -0.2) is 47.6 Å². The zero-order valence-corrected chi connectivity index (χ0v) is 16.8. The molecule has 7 unspecified atom stereocenters. The zero-order chi connectivity index (χ0) is 20.2. The van der Waals surface area contributed by atoms with Crippen molar-refractivity contribution >= 4 is 5.97 Å². The van der Waals surface area contributed by atoms with Crippen LogP contribution in [0.2, 0.25) is 0 Å². The number of ether oxygens (including phenoxy) is 3. The number of aliphatic hydroxyl groups excluding tert-OH is 2. The highest BCUT2D eigenvalue weighted by Gasteiger charge is 2.71. The molecule has 3 aliphatic rings. The molecule has 1 heterocycles. The van der Waals surface area contributed by atoms with Gasteiger partial charge in [0.2, 0.25) is 0 Å². The average Bonchev–Trinajstić information content (AvgIpc) is 3.12. The highest BCUT2D eigenvalue weighted by Crippen LogP contribution is 2.62. The SMILES string of the molecule is CC(C)(C)CC(C)(C)C(O)OCC(O)OC1C2CC3C1OC(=O)C3(C#N)C2. The molecule has 2 aliphatic carbocycles. The number of nitriles is 1. The van der Waals surface area contributed by atoms with Crippen molar-refractivity contribution in [2.24, 2.45) is 28.1 Å². The van der Waals surface area contributed by atoms with Gasteiger partial charge in [-0.25, -0.2) is 0 Å². The van der Waals surface area contributed by atoms with Gasteiger partial charge in [-0.2, -0.15) is 5.26 Å². The summed E-state index contributed by atoms with van der Waals surface area (Å²) in [6.07, 6.45) is -1.31. The fourth-order valence-corrected chi connectivity index (χ4v) is 5.39. The predicted molar refractivity (Wildman–Crippen MR) is 94.8 cm³/mol. The van der Waals surface area contributed by atoms with Crippen LogP contribution in [0.25, 0.3) is 0 Å². The summed E-state index contributed by atoms with van der Waals surface area (Å²) >= 11 is 0. The first-order valence-electron chi connectivity index (χ1n) is 9.65. The van der Waals surface area contributed by atoms with E-state index in [4.69, 9.17) is 14.2 Å². The van der Waals surface area contributed by atoms with Crippen LogP contribution in [0.15, 0.2) is 0 Å². The lowest BCUT2D eigenvalue weighted by molar-refractivity contribution is -0.241. The van der Waals surface area contributed by atoms with Crippen molar-refractivity contribution in [2.75, 3.05) is 6.61 Å². The Morgan fingerprint density at radius 3 is 2.59 bits per heavy atom. The molecule has 27 heavy (non-hydrogen) atoms. The van der Waals surface area contributed by atoms with Crippen molar-refractivity contribution in [3.8, 4) is 6.07 Å². The van der Waals surface area contributed by atoms with E-state index in [1.54, 1.807) is 0 Å². The summed E-state index contributed by atoms with van der Waals surface area (Å²) in [7, 11) is 0. The van der Waals surface area contributed by atoms with Crippen LogP contribution >= 0.6 is 0 Å². The maximum atomic E-state index is 12.1. The van der Waals surface area contributed by atoms with Gasteiger partial charge in [0, 0.05) is 11.3 Å². The van der Waals surface area contributed by atoms with Gasteiger partial charge in [-0.15, -0.1) is 0 Å². The Kier molecular flexibility index (Phi) is 5.09. The maximum absolute atomic E-state index is 12.1. The molecular formula is C20H31NO6. The first-order valence-corrected chi connectivity index (χ1v) is 9.65. The summed E-state index contributed by atoms with van der Waals surface area (Å²) in [5, 5.41) is 30.0. The molecule has 3 fully saturated rings. The van der Waals surface area contributed by atoms with Gasteiger partial charge in [0.05, 0.1) is 6.07 Å². The highest BCUT2D eigenvalue weighted by atomic mass is 16.7. The number of esters is 1. The van der Waals surface area contributed by atoms with Crippen molar-refractivity contribution in [3.63, 3.8) is 0 Å². The van der Waals surface area contributed by atoms with Gasteiger partial charge < -0.3 is 24.4 Å². The van der Waals surface area contributed by atoms with E-state index in [0.29, 0.717) is 12.8 Å². The summed E-state index contributed by atoms with van der Waals surface area (Å²) in [6.45, 7) is 9.96. The second-order valence-electron chi connectivity index (χ2n) is 10.2. The quantitative estimate of drug-likeness (QED) is 0.512. The van der Waals surface area contributed by atoms with Gasteiger partial charge in [0.1, 0.15) is 18.8 Å². The fraction of sp³-hybridized carbons (Fsp3) is 0.900. The molecule has 0 aromatic rings. The Bertz CT molecular complexity index is 635. The summed E-state index contributed by atoms with van der Waals surface area (Å²) in [6, 6.07) is 2.15. The molecule has 2 N–H and O–H groups in total. The Morgan fingerprint density at radius 2 is 2.00 bits per heavy atom. The van der Waals surface area contributed by atoms with Crippen molar-refractivity contribution in [1.82, 2.24) is 0 Å². The molecule has 3 rings (SSSR count). The van der Waals surface area contributed by atoms with Gasteiger partial charge in [-0.3, -0.25) is 4.79 Å². The number of aliphatic hydroxyl groups is 2. The van der Waals surface area contributed by atoms with Crippen LogP contribution in [0.3, 0.4) is 0 Å². The minimum Gasteiger partial charge on any atom is -0.458 e. The zero-order valence-electron chi connectivity index (χ0n) is 16.8. The van der Waals surface area contributed by atoms with E-state index in [1.165, 1.54) is 0 Å². The molecule has 1 saturated heterocycles. The van der Waals surface area contributed by atoms with Crippen LogP contribution in [0, 0.1) is 39.4 Å². The van der Waals surface area contributed by atoms with Gasteiger partial charge in [-0.1, -0.05) is 34.6 Å². The molecule has 7 nitrogen and oxygen atoms in total. The number of hydrogen-bond donors (Lipinski definition) is 2. The third kappa shape index (κ3) is 3.61.